The summed E-state index contributed by atoms with van der Waals surface area (Å²) in [6.45, 7) is 4.31. The van der Waals surface area contributed by atoms with Gasteiger partial charge in [-0.25, -0.2) is 0 Å². The zero-order valence-electron chi connectivity index (χ0n) is 11.2. The van der Waals surface area contributed by atoms with Gasteiger partial charge in [0.15, 0.2) is 0 Å². The van der Waals surface area contributed by atoms with Gasteiger partial charge in [-0.3, -0.25) is 0 Å². The highest BCUT2D eigenvalue weighted by Crippen LogP contribution is 2.16. The van der Waals surface area contributed by atoms with E-state index < -0.39 is 0 Å². The summed E-state index contributed by atoms with van der Waals surface area (Å²) < 4.78 is 0. The molecular formula is C14H25ClN2O2. The van der Waals surface area contributed by atoms with Crippen molar-refractivity contribution in [2.45, 2.75) is 19.3 Å². The topological polar surface area (TPSA) is 81.0 Å². The van der Waals surface area contributed by atoms with Gasteiger partial charge in [0.2, 0.25) is 0 Å². The number of benzene rings is 1. The number of hydrogen-bond donors (Lipinski definition) is 2. The molecule has 110 valence electrons. The lowest BCUT2D eigenvalue weighted by Crippen LogP contribution is -2.37. The number of rotatable bonds is 4. The second-order valence-electron chi connectivity index (χ2n) is 4.94. The lowest BCUT2D eigenvalue weighted by Gasteiger charge is -2.31. The molecule has 0 atom stereocenters. The number of nitrogens with two attached hydrogens (primary N) is 1. The summed E-state index contributed by atoms with van der Waals surface area (Å²) in [5.41, 5.74) is 6.98. The van der Waals surface area contributed by atoms with Crippen LogP contribution in [0.1, 0.15) is 18.4 Å². The summed E-state index contributed by atoms with van der Waals surface area (Å²) in [5, 5.41) is 9.21. The van der Waals surface area contributed by atoms with E-state index in [0.29, 0.717) is 5.75 Å². The van der Waals surface area contributed by atoms with Gasteiger partial charge in [-0.1, -0.05) is 12.1 Å². The van der Waals surface area contributed by atoms with E-state index in [4.69, 9.17) is 5.73 Å². The van der Waals surface area contributed by atoms with Crippen LogP contribution in [-0.2, 0) is 6.42 Å². The fraction of sp³-hybridized carbons (Fsp3) is 0.571. The molecule has 1 saturated heterocycles. The quantitative estimate of drug-likeness (QED) is 0.873. The first-order valence-corrected chi connectivity index (χ1v) is 6.48. The number of nitrogens with zero attached hydrogens (tertiary/aromatic N) is 1. The minimum absolute atomic E-state index is 0. The predicted molar refractivity (Wildman–Crippen MR) is 80.9 cm³/mol. The number of piperidine rings is 1. The summed E-state index contributed by atoms with van der Waals surface area (Å²) in [4.78, 5) is 2.51. The maximum atomic E-state index is 9.21. The number of aromatic hydroxyl groups is 1. The Hall–Kier alpha value is -0.810. The Morgan fingerprint density at radius 1 is 1.16 bits per heavy atom. The molecule has 0 radical (unpaired) electrons. The molecule has 5 N–H and O–H groups in total. The first-order chi connectivity index (χ1) is 8.28. The van der Waals surface area contributed by atoms with E-state index in [9.17, 15) is 5.11 Å². The van der Waals surface area contributed by atoms with Gasteiger partial charge >= 0.3 is 0 Å². The van der Waals surface area contributed by atoms with E-state index in [1.165, 1.54) is 31.5 Å². The molecule has 0 saturated carbocycles. The Kier molecular flexibility index (Phi) is 8.76. The van der Waals surface area contributed by atoms with Crippen molar-refractivity contribution in [3.8, 4) is 5.75 Å². The van der Waals surface area contributed by atoms with Crippen molar-refractivity contribution in [3.63, 3.8) is 0 Å². The monoisotopic (exact) mass is 288 g/mol. The third-order valence-corrected chi connectivity index (χ3v) is 3.69. The Bertz CT molecular complexity index is 338. The van der Waals surface area contributed by atoms with Crippen LogP contribution in [0.5, 0.6) is 5.75 Å². The zero-order chi connectivity index (χ0) is 12.1. The van der Waals surface area contributed by atoms with Gasteiger partial charge in [0, 0.05) is 6.54 Å². The van der Waals surface area contributed by atoms with Crippen LogP contribution in [0.25, 0.3) is 0 Å². The average molecular weight is 289 g/mol. The second kappa shape index (κ2) is 9.15. The van der Waals surface area contributed by atoms with Crippen LogP contribution in [0.4, 0.5) is 0 Å². The number of halogens is 1. The standard InChI is InChI=1S/C14H22N2O.ClH.H2O/c15-11-13-6-9-16(10-7-13)8-5-12-1-3-14(17)4-2-12;;/h1-4,13,17H,5-11,15H2;1H;1H2. The molecule has 0 aliphatic carbocycles. The van der Waals surface area contributed by atoms with Crippen LogP contribution in [0.3, 0.4) is 0 Å². The van der Waals surface area contributed by atoms with Crippen molar-refractivity contribution in [2.75, 3.05) is 26.2 Å². The first-order valence-electron chi connectivity index (χ1n) is 6.48. The van der Waals surface area contributed by atoms with E-state index in [2.05, 4.69) is 4.90 Å². The molecule has 0 bridgehead atoms. The van der Waals surface area contributed by atoms with Crippen LogP contribution in [0.15, 0.2) is 24.3 Å². The van der Waals surface area contributed by atoms with Crippen molar-refractivity contribution in [3.05, 3.63) is 29.8 Å². The molecule has 2 rings (SSSR count). The number of likely N-dealkylation sites (tertiary alicyclic amines) is 1. The molecule has 1 heterocycles. The van der Waals surface area contributed by atoms with Gasteiger partial charge in [-0.05, 0) is 62.5 Å². The summed E-state index contributed by atoms with van der Waals surface area (Å²) >= 11 is 0. The Morgan fingerprint density at radius 2 is 1.74 bits per heavy atom. The van der Waals surface area contributed by atoms with Gasteiger partial charge in [0.1, 0.15) is 5.75 Å². The van der Waals surface area contributed by atoms with E-state index >= 15 is 0 Å². The van der Waals surface area contributed by atoms with Crippen molar-refractivity contribution >= 4 is 12.4 Å². The van der Waals surface area contributed by atoms with Gasteiger partial charge in [-0.15, -0.1) is 12.4 Å². The Balaban J connectivity index is 0.00000162. The fourth-order valence-corrected chi connectivity index (χ4v) is 2.40. The van der Waals surface area contributed by atoms with Crippen LogP contribution in [0.2, 0.25) is 0 Å². The van der Waals surface area contributed by atoms with Crippen molar-refractivity contribution in [1.82, 2.24) is 4.90 Å². The summed E-state index contributed by atoms with van der Waals surface area (Å²) in [6.07, 6.45) is 3.55. The van der Waals surface area contributed by atoms with Crippen LogP contribution < -0.4 is 5.73 Å². The first kappa shape index (κ1) is 18.2. The number of phenolic OH excluding ortho intramolecular Hbond substituents is 1. The third kappa shape index (κ3) is 5.78. The highest BCUT2D eigenvalue weighted by atomic mass is 35.5. The van der Waals surface area contributed by atoms with Crippen molar-refractivity contribution in [1.29, 1.82) is 0 Å². The molecule has 1 aliphatic heterocycles. The Morgan fingerprint density at radius 3 is 2.26 bits per heavy atom. The molecule has 0 spiro atoms. The normalized spacial score (nSPS) is 16.5. The molecule has 0 aromatic heterocycles. The molecule has 0 amide bonds. The molecule has 1 aromatic rings. The molecular weight excluding hydrogens is 264 g/mol. The van der Waals surface area contributed by atoms with Crippen molar-refractivity contribution < 1.29 is 10.6 Å². The number of phenols is 1. The smallest absolute Gasteiger partial charge is 0.115 e. The van der Waals surface area contributed by atoms with E-state index in [1.807, 2.05) is 12.1 Å². The minimum Gasteiger partial charge on any atom is -0.508 e. The van der Waals surface area contributed by atoms with Crippen LogP contribution in [0, 0.1) is 5.92 Å². The zero-order valence-corrected chi connectivity index (χ0v) is 12.0. The predicted octanol–water partition coefficient (Wildman–Crippen LogP) is 1.20. The molecule has 1 aliphatic rings. The molecule has 19 heavy (non-hydrogen) atoms. The molecule has 1 aromatic carbocycles. The maximum absolute atomic E-state index is 9.21. The second-order valence-corrected chi connectivity index (χ2v) is 4.94. The highest BCUT2D eigenvalue weighted by molar-refractivity contribution is 5.85. The van der Waals surface area contributed by atoms with E-state index in [1.54, 1.807) is 12.1 Å². The Labute approximate surface area is 121 Å². The fourth-order valence-electron chi connectivity index (χ4n) is 2.40. The van der Waals surface area contributed by atoms with Gasteiger partial charge in [0.05, 0.1) is 0 Å². The van der Waals surface area contributed by atoms with Gasteiger partial charge < -0.3 is 21.2 Å². The summed E-state index contributed by atoms with van der Waals surface area (Å²) in [7, 11) is 0. The van der Waals surface area contributed by atoms with E-state index in [-0.39, 0.29) is 17.9 Å². The summed E-state index contributed by atoms with van der Waals surface area (Å²) in [6, 6.07) is 7.52. The molecule has 5 heteroatoms. The highest BCUT2D eigenvalue weighted by Gasteiger charge is 2.17. The molecule has 0 unspecified atom stereocenters. The molecule has 4 nitrogen and oxygen atoms in total. The maximum Gasteiger partial charge on any atom is 0.115 e. The minimum atomic E-state index is 0. The molecule has 1 fully saturated rings. The third-order valence-electron chi connectivity index (χ3n) is 3.69. The van der Waals surface area contributed by atoms with Crippen molar-refractivity contribution in [2.24, 2.45) is 11.7 Å². The average Bonchev–Trinajstić information content (AvgIpc) is 2.39. The summed E-state index contributed by atoms with van der Waals surface area (Å²) in [5.74, 6) is 1.08. The lowest BCUT2D eigenvalue weighted by atomic mass is 9.97. The van der Waals surface area contributed by atoms with Crippen LogP contribution >= 0.6 is 12.4 Å². The van der Waals surface area contributed by atoms with Gasteiger partial charge in [-0.2, -0.15) is 0 Å². The number of hydrogen-bond acceptors (Lipinski definition) is 3. The SMILES string of the molecule is Cl.NCC1CCN(CCc2ccc(O)cc2)CC1.O. The van der Waals surface area contributed by atoms with Crippen LogP contribution in [-0.4, -0.2) is 41.7 Å². The van der Waals surface area contributed by atoms with E-state index in [0.717, 1.165) is 25.4 Å². The largest absolute Gasteiger partial charge is 0.508 e. The van der Waals surface area contributed by atoms with Gasteiger partial charge in [0.25, 0.3) is 0 Å². The lowest BCUT2D eigenvalue weighted by molar-refractivity contribution is 0.189.